The van der Waals surface area contributed by atoms with Crippen molar-refractivity contribution in [3.8, 4) is 0 Å². The van der Waals surface area contributed by atoms with E-state index in [0.29, 0.717) is 5.76 Å². The van der Waals surface area contributed by atoms with Crippen molar-refractivity contribution in [3.63, 3.8) is 0 Å². The molecule has 10 heavy (non-hydrogen) atoms. The van der Waals surface area contributed by atoms with Crippen LogP contribution in [0.1, 0.15) is 12.5 Å². The predicted octanol–water partition coefficient (Wildman–Crippen LogP) is 2.61. The zero-order valence-electron chi connectivity index (χ0n) is 5.91. The first-order valence-electron chi connectivity index (χ1n) is 3.25. The summed E-state index contributed by atoms with van der Waals surface area (Å²) in [6.07, 6.45) is 1.68. The molecule has 1 nitrogen and oxygen atoms in total. The van der Waals surface area contributed by atoms with E-state index in [1.54, 1.807) is 6.08 Å². The molecule has 0 bridgehead atoms. The molecule has 0 saturated heterocycles. The molecule has 0 aliphatic carbocycles. The Labute approximate surface area is 60.6 Å². The fourth-order valence-corrected chi connectivity index (χ4v) is 0.776. The molecule has 1 aromatic rings. The maximum absolute atomic E-state index is 9.19. The summed E-state index contributed by atoms with van der Waals surface area (Å²) < 4.78 is 0. The second kappa shape index (κ2) is 3.06. The smallest absolute Gasteiger partial charge is 0.118 e. The van der Waals surface area contributed by atoms with Gasteiger partial charge in [0.25, 0.3) is 0 Å². The van der Waals surface area contributed by atoms with Crippen molar-refractivity contribution in [2.45, 2.75) is 6.92 Å². The molecule has 0 unspecified atom stereocenters. The second-order valence-corrected chi connectivity index (χ2v) is 2.04. The minimum absolute atomic E-state index is 0.334. The van der Waals surface area contributed by atoms with Crippen molar-refractivity contribution in [1.29, 1.82) is 0 Å². The third-order valence-electron chi connectivity index (χ3n) is 1.34. The molecule has 0 aliphatic rings. The molecule has 0 aromatic heterocycles. The summed E-state index contributed by atoms with van der Waals surface area (Å²) in [7, 11) is 0. The molecule has 1 rings (SSSR count). The van der Waals surface area contributed by atoms with E-state index in [9.17, 15) is 5.11 Å². The zero-order chi connectivity index (χ0) is 7.40. The van der Waals surface area contributed by atoms with E-state index in [1.807, 2.05) is 37.3 Å². The van der Waals surface area contributed by atoms with E-state index in [2.05, 4.69) is 0 Å². The van der Waals surface area contributed by atoms with Crippen LogP contribution in [0.3, 0.4) is 0 Å². The maximum atomic E-state index is 9.19. The second-order valence-electron chi connectivity index (χ2n) is 2.04. The molecule has 1 aromatic carbocycles. The Morgan fingerprint density at radius 2 is 1.90 bits per heavy atom. The fraction of sp³-hybridized carbons (Fsp3) is 0.111. The van der Waals surface area contributed by atoms with Crippen molar-refractivity contribution in [1.82, 2.24) is 0 Å². The molecule has 1 heteroatoms. The minimum Gasteiger partial charge on any atom is -0.508 e. The summed E-state index contributed by atoms with van der Waals surface area (Å²) in [6.45, 7) is 1.81. The first kappa shape index (κ1) is 6.87. The minimum atomic E-state index is 0.334. The molecule has 0 atom stereocenters. The molecule has 0 heterocycles. The van der Waals surface area contributed by atoms with Crippen LogP contribution in [0.25, 0.3) is 5.76 Å². The highest BCUT2D eigenvalue weighted by atomic mass is 16.3. The topological polar surface area (TPSA) is 20.2 Å². The molecule has 0 radical (unpaired) electrons. The zero-order valence-corrected chi connectivity index (χ0v) is 5.91. The molecular weight excluding hydrogens is 124 g/mol. The molecule has 1 N–H and O–H groups in total. The number of rotatable bonds is 1. The maximum Gasteiger partial charge on any atom is 0.118 e. The van der Waals surface area contributed by atoms with Crippen LogP contribution in [-0.2, 0) is 0 Å². The Balaban J connectivity index is 2.96. The molecule has 0 saturated carbocycles. The normalized spacial score (nSPS) is 11.5. The van der Waals surface area contributed by atoms with E-state index in [4.69, 9.17) is 0 Å². The molecule has 0 amide bonds. The first-order valence-corrected chi connectivity index (χ1v) is 3.25. The summed E-state index contributed by atoms with van der Waals surface area (Å²) in [6, 6.07) is 9.46. The van der Waals surface area contributed by atoms with Crippen LogP contribution < -0.4 is 0 Å². The Bertz CT molecular complexity index is 224. The van der Waals surface area contributed by atoms with Crippen molar-refractivity contribution < 1.29 is 5.11 Å². The number of benzene rings is 1. The van der Waals surface area contributed by atoms with Crippen LogP contribution in [0.15, 0.2) is 36.4 Å². The Hall–Kier alpha value is -1.24. The van der Waals surface area contributed by atoms with Crippen molar-refractivity contribution >= 4 is 5.76 Å². The summed E-state index contributed by atoms with van der Waals surface area (Å²) in [4.78, 5) is 0. The molecular formula is C9H10O. The largest absolute Gasteiger partial charge is 0.508 e. The number of hydrogen-bond donors (Lipinski definition) is 1. The summed E-state index contributed by atoms with van der Waals surface area (Å²) in [5.74, 6) is 0.334. The van der Waals surface area contributed by atoms with Crippen LogP contribution >= 0.6 is 0 Å². The predicted molar refractivity (Wildman–Crippen MR) is 42.7 cm³/mol. The van der Waals surface area contributed by atoms with Crippen LogP contribution in [0.5, 0.6) is 0 Å². The SMILES string of the molecule is C/C=C(/O)c1ccccc1. The lowest BCUT2D eigenvalue weighted by atomic mass is 10.2. The fourth-order valence-electron chi connectivity index (χ4n) is 0.776. The standard InChI is InChI=1S/C9H10O/c1-2-9(10)8-6-4-3-5-7-8/h2-7,10H,1H3/b9-2+. The van der Waals surface area contributed by atoms with Crippen LogP contribution in [-0.4, -0.2) is 5.11 Å². The lowest BCUT2D eigenvalue weighted by Gasteiger charge is -1.95. The first-order chi connectivity index (χ1) is 4.84. The number of hydrogen-bond acceptors (Lipinski definition) is 1. The van der Waals surface area contributed by atoms with Crippen LogP contribution in [0, 0.1) is 0 Å². The van der Waals surface area contributed by atoms with Gasteiger partial charge in [-0.3, -0.25) is 0 Å². The van der Waals surface area contributed by atoms with Crippen molar-refractivity contribution in [2.24, 2.45) is 0 Å². The van der Waals surface area contributed by atoms with Gasteiger partial charge in [-0.1, -0.05) is 30.3 Å². The quantitative estimate of drug-likeness (QED) is 0.585. The van der Waals surface area contributed by atoms with Crippen molar-refractivity contribution in [2.75, 3.05) is 0 Å². The van der Waals surface area contributed by atoms with E-state index in [0.717, 1.165) is 5.56 Å². The van der Waals surface area contributed by atoms with E-state index >= 15 is 0 Å². The van der Waals surface area contributed by atoms with Gasteiger partial charge in [0.05, 0.1) is 0 Å². The lowest BCUT2D eigenvalue weighted by molar-refractivity contribution is 0.511. The van der Waals surface area contributed by atoms with E-state index in [1.165, 1.54) is 0 Å². The highest BCUT2D eigenvalue weighted by Gasteiger charge is 1.91. The van der Waals surface area contributed by atoms with Gasteiger partial charge in [0.15, 0.2) is 0 Å². The monoisotopic (exact) mass is 134 g/mol. The summed E-state index contributed by atoms with van der Waals surface area (Å²) in [5.41, 5.74) is 0.866. The number of allylic oxidation sites excluding steroid dienone is 1. The average molecular weight is 134 g/mol. The number of aliphatic hydroxyl groups is 1. The van der Waals surface area contributed by atoms with Gasteiger partial charge in [-0.05, 0) is 13.0 Å². The molecule has 0 spiro atoms. The van der Waals surface area contributed by atoms with Crippen LogP contribution in [0.4, 0.5) is 0 Å². The lowest BCUT2D eigenvalue weighted by Crippen LogP contribution is -1.78. The highest BCUT2D eigenvalue weighted by molar-refractivity contribution is 5.57. The highest BCUT2D eigenvalue weighted by Crippen LogP contribution is 2.08. The van der Waals surface area contributed by atoms with E-state index < -0.39 is 0 Å². The summed E-state index contributed by atoms with van der Waals surface area (Å²) >= 11 is 0. The Morgan fingerprint density at radius 1 is 1.30 bits per heavy atom. The average Bonchev–Trinajstić information content (AvgIpc) is 2.05. The van der Waals surface area contributed by atoms with E-state index in [-0.39, 0.29) is 0 Å². The molecule has 52 valence electrons. The third kappa shape index (κ3) is 1.38. The van der Waals surface area contributed by atoms with Crippen molar-refractivity contribution in [3.05, 3.63) is 42.0 Å². The third-order valence-corrected chi connectivity index (χ3v) is 1.34. The molecule has 0 fully saturated rings. The molecule has 0 aliphatic heterocycles. The van der Waals surface area contributed by atoms with Gasteiger partial charge >= 0.3 is 0 Å². The Kier molecular flexibility index (Phi) is 2.11. The van der Waals surface area contributed by atoms with Gasteiger partial charge < -0.3 is 5.11 Å². The van der Waals surface area contributed by atoms with Gasteiger partial charge in [-0.15, -0.1) is 0 Å². The van der Waals surface area contributed by atoms with Crippen LogP contribution in [0.2, 0.25) is 0 Å². The van der Waals surface area contributed by atoms with Gasteiger partial charge in [-0.2, -0.15) is 0 Å². The van der Waals surface area contributed by atoms with Gasteiger partial charge in [0.2, 0.25) is 0 Å². The van der Waals surface area contributed by atoms with Gasteiger partial charge in [0.1, 0.15) is 5.76 Å². The Morgan fingerprint density at radius 3 is 2.40 bits per heavy atom. The number of aliphatic hydroxyl groups excluding tert-OH is 1. The summed E-state index contributed by atoms with van der Waals surface area (Å²) in [5, 5.41) is 9.19. The van der Waals surface area contributed by atoms with Gasteiger partial charge in [0, 0.05) is 5.56 Å². The van der Waals surface area contributed by atoms with Gasteiger partial charge in [-0.25, -0.2) is 0 Å².